The van der Waals surface area contributed by atoms with E-state index >= 15 is 0 Å². The van der Waals surface area contributed by atoms with Crippen molar-refractivity contribution in [2.24, 2.45) is 0 Å². The third kappa shape index (κ3) is 2.72. The number of nitriles is 1. The number of nitrogens with zero attached hydrogens (tertiary/aromatic N) is 2. The SMILES string of the molecule is CN(C(=O)c1ccc(F)c(F)c1F)c1ccc(C#N)cc1. The third-order valence-corrected chi connectivity index (χ3v) is 2.95. The second-order valence-electron chi connectivity index (χ2n) is 4.25. The van der Waals surface area contributed by atoms with E-state index in [0.717, 1.165) is 11.0 Å². The van der Waals surface area contributed by atoms with Crippen molar-refractivity contribution in [3.8, 4) is 6.07 Å². The van der Waals surface area contributed by atoms with Crippen LogP contribution < -0.4 is 4.90 Å². The molecule has 0 spiro atoms. The Morgan fingerprint density at radius 2 is 1.67 bits per heavy atom. The van der Waals surface area contributed by atoms with Gasteiger partial charge in [0, 0.05) is 12.7 Å². The Bertz CT molecular complexity index is 736. The molecule has 0 fully saturated rings. The van der Waals surface area contributed by atoms with Gasteiger partial charge in [0.15, 0.2) is 17.5 Å². The largest absolute Gasteiger partial charge is 0.311 e. The molecule has 0 atom stereocenters. The molecular weight excluding hydrogens is 281 g/mol. The Hall–Kier alpha value is -2.81. The van der Waals surface area contributed by atoms with Crippen molar-refractivity contribution in [2.45, 2.75) is 0 Å². The van der Waals surface area contributed by atoms with Crippen LogP contribution in [0.5, 0.6) is 0 Å². The molecule has 0 aliphatic carbocycles. The molecule has 0 unspecified atom stereocenters. The van der Waals surface area contributed by atoms with Crippen LogP contribution >= 0.6 is 0 Å². The molecule has 0 aromatic heterocycles. The minimum atomic E-state index is -1.69. The Morgan fingerprint density at radius 3 is 2.24 bits per heavy atom. The van der Waals surface area contributed by atoms with E-state index < -0.39 is 28.9 Å². The van der Waals surface area contributed by atoms with E-state index in [1.807, 2.05) is 6.07 Å². The first-order valence-corrected chi connectivity index (χ1v) is 5.87. The topological polar surface area (TPSA) is 44.1 Å². The molecule has 0 radical (unpaired) electrons. The number of hydrogen-bond donors (Lipinski definition) is 0. The second kappa shape index (κ2) is 5.67. The maximum absolute atomic E-state index is 13.6. The van der Waals surface area contributed by atoms with E-state index in [1.54, 1.807) is 0 Å². The van der Waals surface area contributed by atoms with Gasteiger partial charge in [-0.3, -0.25) is 4.79 Å². The van der Waals surface area contributed by atoms with E-state index in [0.29, 0.717) is 17.3 Å². The molecule has 3 nitrogen and oxygen atoms in total. The molecule has 6 heteroatoms. The first-order valence-electron chi connectivity index (χ1n) is 5.87. The van der Waals surface area contributed by atoms with Gasteiger partial charge in [0.05, 0.1) is 17.2 Å². The van der Waals surface area contributed by atoms with Gasteiger partial charge in [0.25, 0.3) is 5.91 Å². The summed E-state index contributed by atoms with van der Waals surface area (Å²) >= 11 is 0. The first-order chi connectivity index (χ1) is 9.95. The summed E-state index contributed by atoms with van der Waals surface area (Å²) in [5.74, 6) is -5.39. The molecule has 0 saturated carbocycles. The standard InChI is InChI=1S/C15H9F3N2O/c1-20(10-4-2-9(8-19)3-5-10)15(21)11-6-7-12(16)14(18)13(11)17/h2-7H,1H3. The van der Waals surface area contributed by atoms with Gasteiger partial charge >= 0.3 is 0 Å². The van der Waals surface area contributed by atoms with Gasteiger partial charge in [-0.05, 0) is 36.4 Å². The zero-order chi connectivity index (χ0) is 15.6. The third-order valence-electron chi connectivity index (χ3n) is 2.95. The Labute approximate surface area is 118 Å². The second-order valence-corrected chi connectivity index (χ2v) is 4.25. The molecule has 0 bridgehead atoms. The highest BCUT2D eigenvalue weighted by molar-refractivity contribution is 6.05. The number of anilines is 1. The molecule has 2 aromatic rings. The van der Waals surface area contributed by atoms with Crippen molar-refractivity contribution in [3.05, 3.63) is 65.0 Å². The average molecular weight is 290 g/mol. The van der Waals surface area contributed by atoms with Gasteiger partial charge < -0.3 is 4.90 Å². The summed E-state index contributed by atoms with van der Waals surface area (Å²) in [7, 11) is 1.37. The summed E-state index contributed by atoms with van der Waals surface area (Å²) in [5, 5.41) is 8.69. The molecule has 0 aliphatic heterocycles. The number of rotatable bonds is 2. The molecule has 1 amide bonds. The van der Waals surface area contributed by atoms with Crippen molar-refractivity contribution in [1.82, 2.24) is 0 Å². The lowest BCUT2D eigenvalue weighted by Gasteiger charge is -2.18. The number of halogens is 3. The molecular formula is C15H9F3N2O. The number of carbonyl (C=O) groups excluding carboxylic acids is 1. The maximum atomic E-state index is 13.6. The Balaban J connectivity index is 2.35. The summed E-state index contributed by atoms with van der Waals surface area (Å²) in [5.41, 5.74) is 0.225. The first kappa shape index (κ1) is 14.6. The fourth-order valence-corrected chi connectivity index (χ4v) is 1.75. The van der Waals surface area contributed by atoms with Gasteiger partial charge in [-0.2, -0.15) is 5.26 Å². The smallest absolute Gasteiger partial charge is 0.261 e. The van der Waals surface area contributed by atoms with Gasteiger partial charge in [-0.15, -0.1) is 0 Å². The highest BCUT2D eigenvalue weighted by atomic mass is 19.2. The fraction of sp³-hybridized carbons (Fsp3) is 0.0667. The molecule has 106 valence electrons. The lowest BCUT2D eigenvalue weighted by Crippen LogP contribution is -2.27. The minimum Gasteiger partial charge on any atom is -0.311 e. The molecule has 0 heterocycles. The van der Waals surface area contributed by atoms with Crippen LogP contribution in [0.1, 0.15) is 15.9 Å². The Kier molecular flexibility index (Phi) is 3.94. The van der Waals surface area contributed by atoms with E-state index in [1.165, 1.54) is 31.3 Å². The van der Waals surface area contributed by atoms with E-state index in [-0.39, 0.29) is 0 Å². The van der Waals surface area contributed by atoms with Gasteiger partial charge in [0.2, 0.25) is 0 Å². The molecule has 21 heavy (non-hydrogen) atoms. The van der Waals surface area contributed by atoms with Crippen LogP contribution in [0.3, 0.4) is 0 Å². The van der Waals surface area contributed by atoms with Crippen molar-refractivity contribution in [3.63, 3.8) is 0 Å². The molecule has 0 saturated heterocycles. The van der Waals surface area contributed by atoms with Gasteiger partial charge in [0.1, 0.15) is 0 Å². The highest BCUT2D eigenvalue weighted by Crippen LogP contribution is 2.20. The van der Waals surface area contributed by atoms with Gasteiger partial charge in [-0.25, -0.2) is 13.2 Å². The predicted octanol–water partition coefficient (Wildman–Crippen LogP) is 3.25. The fourth-order valence-electron chi connectivity index (χ4n) is 1.75. The highest BCUT2D eigenvalue weighted by Gasteiger charge is 2.22. The van der Waals surface area contributed by atoms with Crippen molar-refractivity contribution in [1.29, 1.82) is 5.26 Å². The lowest BCUT2D eigenvalue weighted by molar-refractivity contribution is 0.0988. The minimum absolute atomic E-state index is 0.392. The van der Waals surface area contributed by atoms with Crippen LogP contribution in [0.25, 0.3) is 0 Å². The molecule has 2 aromatic carbocycles. The number of carbonyl (C=O) groups is 1. The zero-order valence-corrected chi connectivity index (χ0v) is 10.9. The van der Waals surface area contributed by atoms with Crippen molar-refractivity contribution < 1.29 is 18.0 Å². The number of hydrogen-bond acceptors (Lipinski definition) is 2. The lowest BCUT2D eigenvalue weighted by atomic mass is 10.1. The molecule has 2 rings (SSSR count). The van der Waals surface area contributed by atoms with Gasteiger partial charge in [-0.1, -0.05) is 0 Å². The zero-order valence-electron chi connectivity index (χ0n) is 10.9. The Morgan fingerprint density at radius 1 is 1.05 bits per heavy atom. The average Bonchev–Trinajstić information content (AvgIpc) is 2.51. The normalized spacial score (nSPS) is 10.0. The quantitative estimate of drug-likeness (QED) is 0.797. The summed E-state index contributed by atoms with van der Waals surface area (Å²) in [4.78, 5) is 13.2. The predicted molar refractivity (Wildman–Crippen MR) is 70.2 cm³/mol. The van der Waals surface area contributed by atoms with Crippen LogP contribution in [-0.4, -0.2) is 13.0 Å². The van der Waals surface area contributed by atoms with E-state index in [4.69, 9.17) is 5.26 Å². The summed E-state index contributed by atoms with van der Waals surface area (Å²) in [6.07, 6.45) is 0. The van der Waals surface area contributed by atoms with Crippen LogP contribution in [0.2, 0.25) is 0 Å². The molecule has 0 N–H and O–H groups in total. The number of benzene rings is 2. The van der Waals surface area contributed by atoms with Crippen LogP contribution in [0.15, 0.2) is 36.4 Å². The number of amides is 1. The van der Waals surface area contributed by atoms with Crippen LogP contribution in [-0.2, 0) is 0 Å². The maximum Gasteiger partial charge on any atom is 0.261 e. The van der Waals surface area contributed by atoms with Crippen LogP contribution in [0.4, 0.5) is 18.9 Å². The summed E-state index contributed by atoms with van der Waals surface area (Å²) < 4.78 is 39.6. The summed E-state index contributed by atoms with van der Waals surface area (Å²) in [6.45, 7) is 0. The van der Waals surface area contributed by atoms with Crippen molar-refractivity contribution in [2.75, 3.05) is 11.9 Å². The van der Waals surface area contributed by atoms with Crippen LogP contribution in [0, 0.1) is 28.8 Å². The van der Waals surface area contributed by atoms with Crippen molar-refractivity contribution >= 4 is 11.6 Å². The van der Waals surface area contributed by atoms with E-state index in [9.17, 15) is 18.0 Å². The van der Waals surface area contributed by atoms with E-state index in [2.05, 4.69) is 0 Å². The monoisotopic (exact) mass is 290 g/mol. The molecule has 0 aliphatic rings. The summed E-state index contributed by atoms with van der Waals surface area (Å²) in [6, 6.07) is 9.46.